The lowest BCUT2D eigenvalue weighted by atomic mass is 9.59. The topological polar surface area (TPSA) is 54.5 Å². The Morgan fingerprint density at radius 1 is 1.00 bits per heavy atom. The molecule has 0 radical (unpaired) electrons. The van der Waals surface area contributed by atoms with Gasteiger partial charge in [-0.05, 0) is 37.7 Å². The molecule has 1 spiro atoms. The number of Topliss-reactive ketones (excluding diaryl/α,β-unsaturated/α-hetero) is 2. The predicted octanol–water partition coefficient (Wildman–Crippen LogP) is 3.68. The number of likely N-dealkylation sites (N-methyl/N-ethyl adjacent to an activating group) is 1. The Morgan fingerprint density at radius 3 is 2.12 bits per heavy atom. The number of unbranched alkanes of at least 4 members (excludes halogenated alkanes) is 1. The number of carbonyl (C=O) groups excluding carboxylic acids is 3. The van der Waals surface area contributed by atoms with Crippen molar-refractivity contribution in [1.29, 1.82) is 0 Å². The zero-order valence-electron chi connectivity index (χ0n) is 15.9. The third kappa shape index (κ3) is 3.00. The zero-order valence-corrected chi connectivity index (χ0v) is 15.9. The number of hydrogen-bond acceptors (Lipinski definition) is 3. The largest absolute Gasteiger partial charge is 0.345 e. The molecule has 0 unspecified atom stereocenters. The van der Waals surface area contributed by atoms with Gasteiger partial charge in [0.25, 0.3) is 0 Å². The minimum atomic E-state index is -0.805. The van der Waals surface area contributed by atoms with Crippen LogP contribution in [-0.2, 0) is 19.8 Å². The number of amides is 1. The van der Waals surface area contributed by atoms with Crippen molar-refractivity contribution in [1.82, 2.24) is 4.90 Å². The Bertz CT molecular complexity index is 669. The summed E-state index contributed by atoms with van der Waals surface area (Å²) in [5, 5.41) is 0. The van der Waals surface area contributed by atoms with Gasteiger partial charge in [0.15, 0.2) is 0 Å². The summed E-state index contributed by atoms with van der Waals surface area (Å²) in [6.07, 6.45) is 4.94. The normalized spacial score (nSPS) is 21.2. The molecule has 4 nitrogen and oxygen atoms in total. The monoisotopic (exact) mass is 355 g/mol. The van der Waals surface area contributed by atoms with Gasteiger partial charge in [0.1, 0.15) is 11.6 Å². The second kappa shape index (κ2) is 7.34. The summed E-state index contributed by atoms with van der Waals surface area (Å²) >= 11 is 0. The molecule has 26 heavy (non-hydrogen) atoms. The van der Waals surface area contributed by atoms with Crippen LogP contribution in [0.15, 0.2) is 30.3 Å². The van der Waals surface area contributed by atoms with Crippen LogP contribution in [0.5, 0.6) is 0 Å². The van der Waals surface area contributed by atoms with E-state index in [0.29, 0.717) is 38.5 Å². The molecule has 4 heteroatoms. The van der Waals surface area contributed by atoms with Crippen molar-refractivity contribution in [2.24, 2.45) is 5.41 Å². The molecule has 140 valence electrons. The highest BCUT2D eigenvalue weighted by Gasteiger charge is 2.56. The quantitative estimate of drug-likeness (QED) is 0.757. The van der Waals surface area contributed by atoms with Gasteiger partial charge in [-0.25, -0.2) is 0 Å². The molecule has 2 aliphatic carbocycles. The van der Waals surface area contributed by atoms with Crippen molar-refractivity contribution in [2.45, 2.75) is 63.7 Å². The van der Waals surface area contributed by atoms with Gasteiger partial charge in [0.05, 0.1) is 10.8 Å². The van der Waals surface area contributed by atoms with Crippen molar-refractivity contribution >= 4 is 17.5 Å². The van der Waals surface area contributed by atoms with E-state index >= 15 is 0 Å². The van der Waals surface area contributed by atoms with Gasteiger partial charge in [0, 0.05) is 26.4 Å². The van der Waals surface area contributed by atoms with Crippen LogP contribution in [0.2, 0.25) is 0 Å². The molecule has 0 heterocycles. The molecule has 1 aromatic carbocycles. The molecule has 0 aromatic heterocycles. The van der Waals surface area contributed by atoms with Crippen molar-refractivity contribution in [3.63, 3.8) is 0 Å². The highest BCUT2D eigenvalue weighted by atomic mass is 16.2. The Morgan fingerprint density at radius 2 is 1.58 bits per heavy atom. The molecular formula is C22H29NO3. The van der Waals surface area contributed by atoms with Gasteiger partial charge in [-0.1, -0.05) is 43.7 Å². The maximum atomic E-state index is 13.4. The van der Waals surface area contributed by atoms with Crippen molar-refractivity contribution in [2.75, 3.05) is 13.6 Å². The van der Waals surface area contributed by atoms with Crippen LogP contribution in [0.4, 0.5) is 0 Å². The van der Waals surface area contributed by atoms with E-state index in [0.717, 1.165) is 24.9 Å². The predicted molar refractivity (Wildman–Crippen MR) is 101 cm³/mol. The van der Waals surface area contributed by atoms with Crippen LogP contribution in [0, 0.1) is 5.41 Å². The summed E-state index contributed by atoms with van der Waals surface area (Å²) in [5.41, 5.74) is -0.403. The van der Waals surface area contributed by atoms with Gasteiger partial charge in [-0.3, -0.25) is 14.4 Å². The second-order valence-electron chi connectivity index (χ2n) is 7.96. The van der Waals surface area contributed by atoms with E-state index in [2.05, 4.69) is 6.92 Å². The number of hydrogen-bond donors (Lipinski definition) is 0. The fourth-order valence-electron chi connectivity index (χ4n) is 4.77. The van der Waals surface area contributed by atoms with E-state index in [1.807, 2.05) is 42.3 Å². The lowest BCUT2D eigenvalue weighted by Crippen LogP contribution is -2.51. The first-order valence-corrected chi connectivity index (χ1v) is 9.84. The maximum absolute atomic E-state index is 13.4. The van der Waals surface area contributed by atoms with Crippen LogP contribution in [0.25, 0.3) is 0 Å². The number of rotatable bonds is 5. The summed E-state index contributed by atoms with van der Waals surface area (Å²) in [4.78, 5) is 40.2. The van der Waals surface area contributed by atoms with Crippen LogP contribution in [-0.4, -0.2) is 36.0 Å². The average molecular weight is 355 g/mol. The van der Waals surface area contributed by atoms with Gasteiger partial charge in [0.2, 0.25) is 5.91 Å². The molecule has 0 atom stereocenters. The molecule has 3 rings (SSSR count). The average Bonchev–Trinajstić information content (AvgIpc) is 2.95. The Kier molecular flexibility index (Phi) is 5.31. The van der Waals surface area contributed by atoms with Gasteiger partial charge in [-0.2, -0.15) is 0 Å². The molecule has 0 saturated heterocycles. The Hall–Kier alpha value is -1.97. The minimum absolute atomic E-state index is 0.0935. The lowest BCUT2D eigenvalue weighted by Gasteiger charge is -2.44. The third-order valence-electron chi connectivity index (χ3n) is 6.53. The summed E-state index contributed by atoms with van der Waals surface area (Å²) in [6.45, 7) is 2.86. The van der Waals surface area contributed by atoms with E-state index in [-0.39, 0.29) is 17.5 Å². The smallest absolute Gasteiger partial charge is 0.232 e. The zero-order chi connectivity index (χ0) is 18.8. The van der Waals surface area contributed by atoms with Crippen molar-refractivity contribution in [3.8, 4) is 0 Å². The summed E-state index contributed by atoms with van der Waals surface area (Å²) in [7, 11) is 1.87. The van der Waals surface area contributed by atoms with Gasteiger partial charge in [-0.15, -0.1) is 0 Å². The molecule has 0 aliphatic heterocycles. The number of ketones is 2. The first kappa shape index (κ1) is 18.8. The van der Waals surface area contributed by atoms with E-state index in [1.165, 1.54) is 0 Å². The van der Waals surface area contributed by atoms with Crippen molar-refractivity contribution in [3.05, 3.63) is 35.9 Å². The van der Waals surface area contributed by atoms with Crippen molar-refractivity contribution < 1.29 is 14.4 Å². The van der Waals surface area contributed by atoms with Gasteiger partial charge < -0.3 is 4.90 Å². The highest BCUT2D eigenvalue weighted by molar-refractivity contribution is 6.13. The molecule has 2 fully saturated rings. The fourth-order valence-corrected chi connectivity index (χ4v) is 4.77. The second-order valence-corrected chi connectivity index (χ2v) is 7.96. The summed E-state index contributed by atoms with van der Waals surface area (Å²) < 4.78 is 0. The molecule has 2 aliphatic rings. The van der Waals surface area contributed by atoms with E-state index < -0.39 is 10.8 Å². The Balaban J connectivity index is 1.91. The molecular weight excluding hydrogens is 326 g/mol. The maximum Gasteiger partial charge on any atom is 0.232 e. The molecule has 0 N–H and O–H groups in total. The first-order chi connectivity index (χ1) is 12.5. The summed E-state index contributed by atoms with van der Waals surface area (Å²) in [6, 6.07) is 9.92. The number of nitrogens with zero attached hydrogens (tertiary/aromatic N) is 1. The first-order valence-electron chi connectivity index (χ1n) is 9.84. The van der Waals surface area contributed by atoms with Crippen LogP contribution in [0.3, 0.4) is 0 Å². The molecule has 0 bridgehead atoms. The fraction of sp³-hybridized carbons (Fsp3) is 0.591. The Labute approximate surface area is 156 Å². The van der Waals surface area contributed by atoms with Crippen LogP contribution < -0.4 is 0 Å². The minimum Gasteiger partial charge on any atom is -0.345 e. The SMILES string of the molecule is CCCCN(C)C(=O)C1(c2ccccc2)CCC2(CC1)C(=O)CCC2=O. The lowest BCUT2D eigenvalue weighted by molar-refractivity contribution is -0.145. The highest BCUT2D eigenvalue weighted by Crippen LogP contribution is 2.51. The van der Waals surface area contributed by atoms with Gasteiger partial charge >= 0.3 is 0 Å². The molecule has 1 amide bonds. The third-order valence-corrected chi connectivity index (χ3v) is 6.53. The molecule has 1 aromatic rings. The molecule has 2 saturated carbocycles. The van der Waals surface area contributed by atoms with E-state index in [4.69, 9.17) is 0 Å². The standard InChI is InChI=1S/C22H29NO3/c1-3-4-16-23(2)20(26)21(17-8-6-5-7-9-17)12-14-22(15-13-21)18(24)10-11-19(22)25/h5-9H,3-4,10-16H2,1-2H3. The number of carbonyl (C=O) groups is 3. The van der Waals surface area contributed by atoms with Crippen LogP contribution in [0.1, 0.15) is 63.9 Å². The van der Waals surface area contributed by atoms with Crippen LogP contribution >= 0.6 is 0 Å². The van der Waals surface area contributed by atoms with E-state index in [9.17, 15) is 14.4 Å². The number of benzene rings is 1. The van der Waals surface area contributed by atoms with E-state index in [1.54, 1.807) is 0 Å². The summed E-state index contributed by atoms with van der Waals surface area (Å²) in [5.74, 6) is 0.316.